The maximum absolute atomic E-state index is 11.4. The SMILES string of the molecule is COc1cc(NC2(NC(C)(C)CCOc3cccc4ccc(C(=O)O)nc34)CCCCO2)ccc1-c1cnco1. The molecule has 210 valence electrons. The van der Waals surface area contributed by atoms with E-state index in [4.69, 9.17) is 18.6 Å². The number of hydrogen-bond donors (Lipinski definition) is 3. The lowest BCUT2D eigenvalue weighted by Crippen LogP contribution is -2.62. The van der Waals surface area contributed by atoms with Gasteiger partial charge in [0.15, 0.2) is 18.0 Å². The largest absolute Gasteiger partial charge is 0.496 e. The molecule has 5 rings (SSSR count). The van der Waals surface area contributed by atoms with Crippen molar-refractivity contribution in [3.05, 3.63) is 66.8 Å². The number of rotatable bonds is 11. The van der Waals surface area contributed by atoms with Crippen LogP contribution < -0.4 is 20.1 Å². The van der Waals surface area contributed by atoms with Crippen LogP contribution in [0.25, 0.3) is 22.2 Å². The van der Waals surface area contributed by atoms with E-state index in [1.807, 2.05) is 36.4 Å². The van der Waals surface area contributed by atoms with Crippen molar-refractivity contribution in [3.63, 3.8) is 0 Å². The molecule has 1 atom stereocenters. The Bertz CT molecular complexity index is 1460. The van der Waals surface area contributed by atoms with Crippen molar-refractivity contribution in [2.75, 3.05) is 25.6 Å². The number of oxazole rings is 1. The Labute approximate surface area is 232 Å². The molecule has 0 amide bonds. The van der Waals surface area contributed by atoms with E-state index >= 15 is 0 Å². The Morgan fingerprint density at radius 2 is 2.02 bits per heavy atom. The molecule has 2 aromatic heterocycles. The van der Waals surface area contributed by atoms with Gasteiger partial charge in [-0.3, -0.25) is 5.32 Å². The zero-order chi connectivity index (χ0) is 28.2. The van der Waals surface area contributed by atoms with Crippen LogP contribution in [-0.2, 0) is 4.74 Å². The minimum Gasteiger partial charge on any atom is -0.496 e. The predicted molar refractivity (Wildman–Crippen MR) is 151 cm³/mol. The van der Waals surface area contributed by atoms with Crippen LogP contribution >= 0.6 is 0 Å². The smallest absolute Gasteiger partial charge is 0.354 e. The third-order valence-electron chi connectivity index (χ3n) is 6.94. The lowest BCUT2D eigenvalue weighted by molar-refractivity contribution is -0.0971. The molecule has 1 saturated heterocycles. The summed E-state index contributed by atoms with van der Waals surface area (Å²) < 4.78 is 23.6. The highest BCUT2D eigenvalue weighted by Crippen LogP contribution is 2.35. The van der Waals surface area contributed by atoms with Crippen molar-refractivity contribution in [2.24, 2.45) is 0 Å². The summed E-state index contributed by atoms with van der Waals surface area (Å²) in [5, 5.41) is 17.5. The Balaban J connectivity index is 1.29. The molecule has 0 bridgehead atoms. The number of nitrogens with zero attached hydrogens (tertiary/aromatic N) is 2. The standard InChI is InChI=1S/C30H34N4O6/c1-29(2,14-16-38-24-8-6-7-20-9-12-23(28(35)36)32-27(20)24)34-30(13-4-5-15-40-30)33-21-10-11-22(25(17-21)37-3)26-18-31-19-39-26/h6-12,17-19,33-34H,4-5,13-16H2,1-3H3,(H,35,36). The third-order valence-corrected chi connectivity index (χ3v) is 6.94. The number of aromatic carboxylic acids is 1. The fraction of sp³-hybridized carbons (Fsp3) is 0.367. The molecule has 3 N–H and O–H groups in total. The number of pyridine rings is 1. The summed E-state index contributed by atoms with van der Waals surface area (Å²) in [5.74, 6) is -0.00519. The lowest BCUT2D eigenvalue weighted by atomic mass is 9.98. The van der Waals surface area contributed by atoms with E-state index in [0.29, 0.717) is 42.4 Å². The van der Waals surface area contributed by atoms with Gasteiger partial charge in [0, 0.05) is 29.1 Å². The summed E-state index contributed by atoms with van der Waals surface area (Å²) in [6.07, 6.45) is 6.48. The third kappa shape index (κ3) is 6.19. The first kappa shape index (κ1) is 27.4. The summed E-state index contributed by atoms with van der Waals surface area (Å²) in [6.45, 7) is 5.24. The minimum absolute atomic E-state index is 0.0153. The number of methoxy groups -OCH3 is 1. The average molecular weight is 547 g/mol. The normalized spacial score (nSPS) is 17.5. The molecule has 0 spiro atoms. The van der Waals surface area contributed by atoms with Crippen LogP contribution in [0.1, 0.15) is 50.0 Å². The number of benzene rings is 2. The first-order chi connectivity index (χ1) is 19.3. The van der Waals surface area contributed by atoms with Gasteiger partial charge in [-0.2, -0.15) is 0 Å². The van der Waals surface area contributed by atoms with Crippen molar-refractivity contribution < 1.29 is 28.5 Å². The number of para-hydroxylation sites is 1. The van der Waals surface area contributed by atoms with Crippen molar-refractivity contribution in [2.45, 2.75) is 50.9 Å². The van der Waals surface area contributed by atoms with Crippen LogP contribution in [0.15, 0.2) is 65.5 Å². The second-order valence-corrected chi connectivity index (χ2v) is 10.5. The molecular formula is C30H34N4O6. The molecule has 1 fully saturated rings. The van der Waals surface area contributed by atoms with Gasteiger partial charge in [0.2, 0.25) is 0 Å². The number of carbonyl (C=O) groups is 1. The van der Waals surface area contributed by atoms with E-state index < -0.39 is 11.8 Å². The Morgan fingerprint density at radius 3 is 2.75 bits per heavy atom. The Morgan fingerprint density at radius 1 is 1.15 bits per heavy atom. The van der Waals surface area contributed by atoms with E-state index in [0.717, 1.165) is 35.9 Å². The van der Waals surface area contributed by atoms with Crippen LogP contribution in [0, 0.1) is 0 Å². The van der Waals surface area contributed by atoms with Crippen molar-refractivity contribution in [1.29, 1.82) is 0 Å². The van der Waals surface area contributed by atoms with Gasteiger partial charge < -0.3 is 29.1 Å². The Hall–Kier alpha value is -4.15. The average Bonchev–Trinajstić information content (AvgIpc) is 3.47. The fourth-order valence-corrected chi connectivity index (χ4v) is 4.96. The minimum atomic E-state index is -1.07. The van der Waals surface area contributed by atoms with Gasteiger partial charge in [0.1, 0.15) is 22.7 Å². The molecule has 10 heteroatoms. The number of ether oxygens (including phenoxy) is 3. The van der Waals surface area contributed by atoms with Gasteiger partial charge in [-0.1, -0.05) is 18.2 Å². The quantitative estimate of drug-likeness (QED) is 0.202. The van der Waals surface area contributed by atoms with Gasteiger partial charge >= 0.3 is 5.97 Å². The van der Waals surface area contributed by atoms with E-state index in [-0.39, 0.29) is 11.2 Å². The molecule has 0 saturated carbocycles. The Kier molecular flexibility index (Phi) is 7.90. The molecule has 1 unspecified atom stereocenters. The number of aromatic nitrogens is 2. The van der Waals surface area contributed by atoms with Gasteiger partial charge in [-0.25, -0.2) is 14.8 Å². The molecule has 10 nitrogen and oxygen atoms in total. The molecule has 3 heterocycles. The maximum atomic E-state index is 11.4. The summed E-state index contributed by atoms with van der Waals surface area (Å²) in [7, 11) is 1.63. The molecule has 0 radical (unpaired) electrons. The zero-order valence-corrected chi connectivity index (χ0v) is 22.9. The topological polar surface area (TPSA) is 128 Å². The van der Waals surface area contributed by atoms with Crippen LogP contribution in [0.5, 0.6) is 11.5 Å². The second kappa shape index (κ2) is 11.5. The van der Waals surface area contributed by atoms with Gasteiger partial charge in [0.25, 0.3) is 0 Å². The van der Waals surface area contributed by atoms with Gasteiger partial charge in [-0.05, 0) is 57.4 Å². The summed E-state index contributed by atoms with van der Waals surface area (Å²) in [6, 6.07) is 14.6. The van der Waals surface area contributed by atoms with E-state index in [9.17, 15) is 9.90 Å². The molecule has 1 aliphatic rings. The summed E-state index contributed by atoms with van der Waals surface area (Å²) >= 11 is 0. The van der Waals surface area contributed by atoms with Crippen molar-refractivity contribution >= 4 is 22.6 Å². The first-order valence-electron chi connectivity index (χ1n) is 13.3. The summed E-state index contributed by atoms with van der Waals surface area (Å²) in [5.41, 5.74) is 1.80. The summed E-state index contributed by atoms with van der Waals surface area (Å²) in [4.78, 5) is 19.7. The van der Waals surface area contributed by atoms with Crippen LogP contribution in [0.3, 0.4) is 0 Å². The number of fused-ring (bicyclic) bond motifs is 1. The molecule has 1 aliphatic heterocycles. The highest BCUT2D eigenvalue weighted by molar-refractivity contribution is 5.91. The second-order valence-electron chi connectivity index (χ2n) is 10.5. The number of carboxylic acids is 1. The van der Waals surface area contributed by atoms with Gasteiger partial charge in [0.05, 0.1) is 32.1 Å². The zero-order valence-electron chi connectivity index (χ0n) is 22.9. The van der Waals surface area contributed by atoms with Crippen molar-refractivity contribution in [3.8, 4) is 22.8 Å². The lowest BCUT2D eigenvalue weighted by Gasteiger charge is -2.44. The molecule has 40 heavy (non-hydrogen) atoms. The predicted octanol–water partition coefficient (Wildman–Crippen LogP) is 5.70. The van der Waals surface area contributed by atoms with Crippen LogP contribution in [0.2, 0.25) is 0 Å². The molecule has 4 aromatic rings. The van der Waals surface area contributed by atoms with E-state index in [2.05, 4.69) is 34.4 Å². The van der Waals surface area contributed by atoms with Crippen molar-refractivity contribution in [1.82, 2.24) is 15.3 Å². The van der Waals surface area contributed by atoms with Crippen LogP contribution in [0.4, 0.5) is 5.69 Å². The van der Waals surface area contributed by atoms with Gasteiger partial charge in [-0.15, -0.1) is 0 Å². The number of hydrogen-bond acceptors (Lipinski definition) is 9. The van der Waals surface area contributed by atoms with Crippen LogP contribution in [-0.4, -0.2) is 52.8 Å². The number of carboxylic acid groups (broad SMARTS) is 1. The molecule has 0 aliphatic carbocycles. The highest BCUT2D eigenvalue weighted by atomic mass is 16.5. The molecular weight excluding hydrogens is 512 g/mol. The first-order valence-corrected chi connectivity index (χ1v) is 13.3. The molecule has 2 aromatic carbocycles. The van der Waals surface area contributed by atoms with E-state index in [1.165, 1.54) is 12.5 Å². The monoisotopic (exact) mass is 546 g/mol. The highest BCUT2D eigenvalue weighted by Gasteiger charge is 2.38. The van der Waals surface area contributed by atoms with E-state index in [1.54, 1.807) is 19.4 Å². The number of nitrogens with one attached hydrogen (secondary N) is 2. The maximum Gasteiger partial charge on any atom is 0.354 e. The fourth-order valence-electron chi connectivity index (χ4n) is 4.96. The number of anilines is 1.